The number of aliphatic hydroxyl groups excluding tert-OH is 1. The third kappa shape index (κ3) is 34.7. The van der Waals surface area contributed by atoms with Gasteiger partial charge in [0.25, 0.3) is 0 Å². The Balaban J connectivity index is 3.98. The van der Waals surface area contributed by atoms with E-state index >= 15 is 0 Å². The van der Waals surface area contributed by atoms with Gasteiger partial charge in [0.15, 0.2) is 0 Å². The van der Waals surface area contributed by atoms with E-state index in [1.165, 1.54) is 116 Å². The maximum atomic E-state index is 13.0. The van der Waals surface area contributed by atoms with Gasteiger partial charge in [-0.1, -0.05) is 162 Å². The summed E-state index contributed by atoms with van der Waals surface area (Å²) in [5.74, 6) is 1.14. The van der Waals surface area contributed by atoms with Crippen LogP contribution >= 0.6 is 11.8 Å². The molecule has 0 aliphatic heterocycles. The number of esters is 2. The Hall–Kier alpha value is -0.790. The molecule has 0 aromatic heterocycles. The van der Waals surface area contributed by atoms with Crippen molar-refractivity contribution in [2.24, 2.45) is 5.92 Å². The molecular weight excluding hydrogens is 655 g/mol. The van der Waals surface area contributed by atoms with Crippen LogP contribution in [0.2, 0.25) is 0 Å². The zero-order valence-electron chi connectivity index (χ0n) is 34.5. The summed E-state index contributed by atoms with van der Waals surface area (Å²) in [6.07, 6.45) is 34.7. The maximum Gasteiger partial charge on any atom is 0.318 e. The van der Waals surface area contributed by atoms with Crippen molar-refractivity contribution in [2.75, 3.05) is 45.2 Å². The fourth-order valence-corrected chi connectivity index (χ4v) is 7.68. The number of carbonyl (C=O) groups is 2. The topological polar surface area (TPSA) is 76.1 Å². The van der Waals surface area contributed by atoms with Crippen LogP contribution in [-0.2, 0) is 19.1 Å². The van der Waals surface area contributed by atoms with E-state index in [-0.39, 0.29) is 29.7 Å². The molecule has 0 rings (SSSR count). The largest absolute Gasteiger partial charge is 0.465 e. The van der Waals surface area contributed by atoms with E-state index in [1.54, 1.807) is 11.8 Å². The molecule has 0 saturated carbocycles. The summed E-state index contributed by atoms with van der Waals surface area (Å²) in [7, 11) is 0. The second-order valence-electron chi connectivity index (χ2n) is 15.2. The van der Waals surface area contributed by atoms with Gasteiger partial charge < -0.3 is 19.5 Å². The molecule has 0 saturated heterocycles. The minimum absolute atomic E-state index is 0.0575. The van der Waals surface area contributed by atoms with E-state index in [2.05, 4.69) is 25.7 Å². The first kappa shape index (κ1) is 50.2. The minimum Gasteiger partial charge on any atom is -0.465 e. The van der Waals surface area contributed by atoms with E-state index in [0.717, 1.165) is 96.0 Å². The van der Waals surface area contributed by atoms with Crippen LogP contribution in [0.3, 0.4) is 0 Å². The van der Waals surface area contributed by atoms with Crippen LogP contribution in [0.1, 0.15) is 214 Å². The lowest BCUT2D eigenvalue weighted by Crippen LogP contribution is -2.29. The summed E-state index contributed by atoms with van der Waals surface area (Å²) in [6, 6.07) is 0. The molecule has 1 atom stereocenters. The highest BCUT2D eigenvalue weighted by Gasteiger charge is 2.19. The molecule has 1 unspecified atom stereocenters. The molecule has 1 N–H and O–H groups in total. The van der Waals surface area contributed by atoms with Crippen molar-refractivity contribution < 1.29 is 24.2 Å². The molecule has 0 spiro atoms. The molecule has 51 heavy (non-hydrogen) atoms. The van der Waals surface area contributed by atoms with Gasteiger partial charge in [0.1, 0.15) is 0 Å². The highest BCUT2D eigenvalue weighted by Crippen LogP contribution is 2.21. The molecule has 0 aromatic carbocycles. The molecule has 6 nitrogen and oxygen atoms in total. The number of nitrogens with zero attached hydrogens (tertiary/aromatic N) is 1. The van der Waals surface area contributed by atoms with Crippen LogP contribution in [0.15, 0.2) is 0 Å². The Morgan fingerprint density at radius 3 is 1.37 bits per heavy atom. The van der Waals surface area contributed by atoms with Gasteiger partial charge in [-0.15, -0.1) is 11.8 Å². The predicted octanol–water partition coefficient (Wildman–Crippen LogP) is 12.5. The van der Waals surface area contributed by atoms with Crippen molar-refractivity contribution in [2.45, 2.75) is 219 Å². The summed E-state index contributed by atoms with van der Waals surface area (Å²) in [6.45, 7) is 12.9. The minimum atomic E-state index is -0.0600. The van der Waals surface area contributed by atoms with E-state index in [9.17, 15) is 14.7 Å². The van der Waals surface area contributed by atoms with Crippen molar-refractivity contribution in [3.05, 3.63) is 0 Å². The van der Waals surface area contributed by atoms with Crippen LogP contribution in [0, 0.1) is 5.92 Å². The molecule has 0 aromatic rings. The maximum absolute atomic E-state index is 13.0. The van der Waals surface area contributed by atoms with Crippen LogP contribution in [0.5, 0.6) is 0 Å². The van der Waals surface area contributed by atoms with Gasteiger partial charge in [0.2, 0.25) is 0 Å². The van der Waals surface area contributed by atoms with Crippen LogP contribution < -0.4 is 0 Å². The van der Waals surface area contributed by atoms with Gasteiger partial charge in [-0.05, 0) is 70.7 Å². The van der Waals surface area contributed by atoms with E-state index in [1.807, 2.05) is 6.92 Å². The lowest BCUT2D eigenvalue weighted by atomic mass is 9.94. The molecule has 0 radical (unpaired) electrons. The van der Waals surface area contributed by atoms with Crippen molar-refractivity contribution >= 4 is 23.7 Å². The number of ether oxygens (including phenoxy) is 2. The Kier molecular flexibility index (Phi) is 39.8. The van der Waals surface area contributed by atoms with Gasteiger partial charge >= 0.3 is 11.9 Å². The second kappa shape index (κ2) is 40.4. The van der Waals surface area contributed by atoms with Gasteiger partial charge in [-0.2, -0.15) is 0 Å². The molecule has 0 aliphatic carbocycles. The first-order valence-electron chi connectivity index (χ1n) is 22.3. The number of hydrogen-bond acceptors (Lipinski definition) is 7. The molecule has 0 heterocycles. The van der Waals surface area contributed by atoms with Crippen LogP contribution in [0.25, 0.3) is 0 Å². The standard InChI is InChI=1S/C44H87NO5S/c1-5-8-11-14-18-25-32-42(33-26-19-15-12-9-6-2)44(48)50-39-30-23-17-21-28-35-45(36-37-46)34-27-20-16-22-29-38-49-43(47)41(4)51-40-31-24-13-10-7-3/h41-42,46H,5-40H2,1-4H3. The van der Waals surface area contributed by atoms with E-state index in [0.29, 0.717) is 13.2 Å². The zero-order chi connectivity index (χ0) is 37.5. The first-order valence-corrected chi connectivity index (χ1v) is 23.3. The van der Waals surface area contributed by atoms with Gasteiger partial charge in [0, 0.05) is 6.54 Å². The van der Waals surface area contributed by atoms with Crippen molar-refractivity contribution in [3.63, 3.8) is 0 Å². The van der Waals surface area contributed by atoms with E-state index < -0.39 is 0 Å². The Morgan fingerprint density at radius 1 is 0.510 bits per heavy atom. The fraction of sp³-hybridized carbons (Fsp3) is 0.955. The number of aliphatic hydroxyl groups is 1. The smallest absolute Gasteiger partial charge is 0.318 e. The number of unbranched alkanes of at least 4 members (excludes halogenated alkanes) is 22. The van der Waals surface area contributed by atoms with Gasteiger partial charge in [-0.3, -0.25) is 9.59 Å². The summed E-state index contributed by atoms with van der Waals surface area (Å²) < 4.78 is 11.3. The first-order chi connectivity index (χ1) is 25.0. The lowest BCUT2D eigenvalue weighted by Gasteiger charge is -2.21. The SMILES string of the molecule is CCCCCCCCC(CCCCCCCC)C(=O)OCCCCCCCN(CCO)CCCCCCCOC(=O)C(C)SCCCCCCC. The number of carbonyl (C=O) groups excluding carboxylic acids is 2. The third-order valence-corrected chi connectivity index (χ3v) is 11.5. The fourth-order valence-electron chi connectivity index (χ4n) is 6.75. The van der Waals surface area contributed by atoms with Gasteiger partial charge in [0.05, 0.1) is 31.0 Å². The highest BCUT2D eigenvalue weighted by molar-refractivity contribution is 8.00. The summed E-state index contributed by atoms with van der Waals surface area (Å²) in [5.41, 5.74) is 0. The summed E-state index contributed by atoms with van der Waals surface area (Å²) >= 11 is 1.73. The second-order valence-corrected chi connectivity index (χ2v) is 16.6. The van der Waals surface area contributed by atoms with Crippen LogP contribution in [-0.4, -0.2) is 72.4 Å². The van der Waals surface area contributed by atoms with Crippen LogP contribution in [0.4, 0.5) is 0 Å². The normalized spacial score (nSPS) is 12.2. The Labute approximate surface area is 322 Å². The monoisotopic (exact) mass is 742 g/mol. The number of rotatable bonds is 41. The van der Waals surface area contributed by atoms with E-state index in [4.69, 9.17) is 9.47 Å². The molecule has 0 fully saturated rings. The number of thioether (sulfide) groups is 1. The molecule has 0 aliphatic rings. The molecular formula is C44H87NO5S. The molecule has 0 amide bonds. The number of hydrogen-bond donors (Lipinski definition) is 1. The average molecular weight is 742 g/mol. The van der Waals surface area contributed by atoms with Crippen molar-refractivity contribution in [1.82, 2.24) is 4.90 Å². The highest BCUT2D eigenvalue weighted by atomic mass is 32.2. The molecule has 0 bridgehead atoms. The third-order valence-electron chi connectivity index (χ3n) is 10.2. The summed E-state index contributed by atoms with van der Waals surface area (Å²) in [5, 5.41) is 9.49. The predicted molar refractivity (Wildman–Crippen MR) is 222 cm³/mol. The zero-order valence-corrected chi connectivity index (χ0v) is 35.4. The van der Waals surface area contributed by atoms with Gasteiger partial charge in [-0.25, -0.2) is 0 Å². The molecule has 304 valence electrons. The lowest BCUT2D eigenvalue weighted by molar-refractivity contribution is -0.149. The quantitative estimate of drug-likeness (QED) is 0.0494. The summed E-state index contributed by atoms with van der Waals surface area (Å²) in [4.78, 5) is 27.6. The Morgan fingerprint density at radius 2 is 0.902 bits per heavy atom. The van der Waals surface area contributed by atoms with Crippen molar-refractivity contribution in [3.8, 4) is 0 Å². The average Bonchev–Trinajstić information content (AvgIpc) is 3.13. The Bertz CT molecular complexity index is 722. The van der Waals surface area contributed by atoms with Crippen molar-refractivity contribution in [1.29, 1.82) is 0 Å². The molecule has 7 heteroatoms.